The first-order valence-electron chi connectivity index (χ1n) is 8.75. The first-order chi connectivity index (χ1) is 13.6. The van der Waals surface area contributed by atoms with E-state index in [1.165, 1.54) is 6.33 Å². The van der Waals surface area contributed by atoms with Crippen molar-refractivity contribution in [3.8, 4) is 23.0 Å². The number of aryl methyl sites for hydroxylation is 1. The Morgan fingerprint density at radius 1 is 1.00 bits per heavy atom. The number of para-hydroxylation sites is 1. The fraction of sp³-hybridized carbons (Fsp3) is 0.143. The van der Waals surface area contributed by atoms with Crippen molar-refractivity contribution in [2.75, 3.05) is 12.8 Å². The van der Waals surface area contributed by atoms with Gasteiger partial charge in [-0.3, -0.25) is 0 Å². The minimum absolute atomic E-state index is 0.116. The normalized spacial score (nSPS) is 10.8. The molecule has 0 aliphatic carbocycles. The number of benzene rings is 2. The maximum Gasteiger partial charge on any atom is 0.321 e. The van der Waals surface area contributed by atoms with Gasteiger partial charge in [0.2, 0.25) is 5.95 Å². The lowest BCUT2D eigenvalue weighted by molar-refractivity contribution is 0.280. The van der Waals surface area contributed by atoms with E-state index in [2.05, 4.69) is 34.0 Å². The molecule has 2 heterocycles. The molecule has 2 N–H and O–H groups in total. The number of aromatic nitrogens is 4. The van der Waals surface area contributed by atoms with Crippen LogP contribution in [-0.2, 0) is 6.61 Å². The molecule has 4 rings (SSSR count). The van der Waals surface area contributed by atoms with E-state index in [0.717, 1.165) is 39.0 Å². The molecule has 2 aromatic heterocycles. The molecular formula is C21H19N5O2. The Bertz CT molecular complexity index is 1150. The molecule has 4 aromatic rings. The lowest BCUT2D eigenvalue weighted by Gasteiger charge is -2.13. The molecule has 0 atom stereocenters. The number of rotatable bonds is 5. The summed E-state index contributed by atoms with van der Waals surface area (Å²) in [4.78, 5) is 16.7. The predicted molar refractivity (Wildman–Crippen MR) is 107 cm³/mol. The number of fused-ring (bicyclic) bond motifs is 1. The smallest absolute Gasteiger partial charge is 0.321 e. The Balaban J connectivity index is 1.80. The highest BCUT2D eigenvalue weighted by Crippen LogP contribution is 2.30. The number of nitrogens with zero attached hydrogens (tertiary/aromatic N) is 4. The molecule has 0 fully saturated rings. The van der Waals surface area contributed by atoms with Crippen molar-refractivity contribution >= 4 is 16.9 Å². The molecule has 0 amide bonds. The highest BCUT2D eigenvalue weighted by molar-refractivity contribution is 5.86. The molecule has 0 unspecified atom stereocenters. The van der Waals surface area contributed by atoms with E-state index in [-0.39, 0.29) is 18.6 Å². The summed E-state index contributed by atoms with van der Waals surface area (Å²) in [6.07, 6.45) is 1.32. The van der Waals surface area contributed by atoms with Gasteiger partial charge in [-0.05, 0) is 30.7 Å². The van der Waals surface area contributed by atoms with E-state index in [1.54, 1.807) is 7.11 Å². The van der Waals surface area contributed by atoms with Crippen LogP contribution in [0.3, 0.4) is 0 Å². The zero-order chi connectivity index (χ0) is 19.5. The van der Waals surface area contributed by atoms with Crippen LogP contribution in [0.5, 0.6) is 11.8 Å². The molecule has 140 valence electrons. The average Bonchev–Trinajstić information content (AvgIpc) is 2.72. The second kappa shape index (κ2) is 7.48. The fourth-order valence-corrected chi connectivity index (χ4v) is 3.03. The Morgan fingerprint density at radius 2 is 1.86 bits per heavy atom. The van der Waals surface area contributed by atoms with Crippen LogP contribution in [0.25, 0.3) is 22.2 Å². The standard InChI is InChI=1S/C21H19N5O2/c1-13-5-3-6-14-9-16(11-28-21-24-12-23-20(22)26-21)19(25-18(13)14)15-7-4-8-17(10-15)27-2/h3-10,12H,11H2,1-2H3,(H2,22,23,24,26). The number of hydrogen-bond acceptors (Lipinski definition) is 7. The minimum Gasteiger partial charge on any atom is -0.497 e. The van der Waals surface area contributed by atoms with Crippen molar-refractivity contribution in [2.24, 2.45) is 0 Å². The molecule has 0 aliphatic rings. The first kappa shape index (κ1) is 17.7. The number of methoxy groups -OCH3 is 1. The first-order valence-corrected chi connectivity index (χ1v) is 8.75. The predicted octanol–water partition coefficient (Wildman–Crippen LogP) is 3.57. The van der Waals surface area contributed by atoms with Gasteiger partial charge in [-0.1, -0.05) is 30.3 Å². The fourth-order valence-electron chi connectivity index (χ4n) is 3.03. The third kappa shape index (κ3) is 3.55. The van der Waals surface area contributed by atoms with Crippen LogP contribution in [-0.4, -0.2) is 27.0 Å². The van der Waals surface area contributed by atoms with Gasteiger partial charge >= 0.3 is 6.01 Å². The molecule has 0 saturated heterocycles. The van der Waals surface area contributed by atoms with Gasteiger partial charge in [-0.15, -0.1) is 0 Å². The van der Waals surface area contributed by atoms with E-state index in [1.807, 2.05) is 36.4 Å². The molecule has 0 saturated carbocycles. The van der Waals surface area contributed by atoms with Crippen molar-refractivity contribution in [3.63, 3.8) is 0 Å². The number of hydrogen-bond donors (Lipinski definition) is 1. The summed E-state index contributed by atoms with van der Waals surface area (Å²) < 4.78 is 11.1. The summed E-state index contributed by atoms with van der Waals surface area (Å²) in [5.74, 6) is 0.881. The van der Waals surface area contributed by atoms with Crippen molar-refractivity contribution in [2.45, 2.75) is 13.5 Å². The Hall–Kier alpha value is -3.74. The highest BCUT2D eigenvalue weighted by Gasteiger charge is 2.13. The molecule has 7 nitrogen and oxygen atoms in total. The quantitative estimate of drug-likeness (QED) is 0.571. The second-order valence-electron chi connectivity index (χ2n) is 6.29. The van der Waals surface area contributed by atoms with Gasteiger partial charge in [-0.2, -0.15) is 9.97 Å². The second-order valence-corrected chi connectivity index (χ2v) is 6.29. The number of ether oxygens (including phenoxy) is 2. The number of nitrogens with two attached hydrogens (primary N) is 1. The van der Waals surface area contributed by atoms with Crippen molar-refractivity contribution < 1.29 is 9.47 Å². The van der Waals surface area contributed by atoms with Gasteiger partial charge in [0.1, 0.15) is 18.7 Å². The van der Waals surface area contributed by atoms with E-state index in [0.29, 0.717) is 0 Å². The van der Waals surface area contributed by atoms with Crippen molar-refractivity contribution in [1.29, 1.82) is 0 Å². The van der Waals surface area contributed by atoms with E-state index in [9.17, 15) is 0 Å². The zero-order valence-corrected chi connectivity index (χ0v) is 15.6. The van der Waals surface area contributed by atoms with Crippen LogP contribution in [0.1, 0.15) is 11.1 Å². The Morgan fingerprint density at radius 3 is 2.68 bits per heavy atom. The SMILES string of the molecule is COc1cccc(-c2nc3c(C)cccc3cc2COc2ncnc(N)n2)c1. The van der Waals surface area contributed by atoms with Crippen LogP contribution in [0.15, 0.2) is 54.9 Å². The molecule has 2 aromatic carbocycles. The summed E-state index contributed by atoms with van der Waals surface area (Å²) in [6, 6.07) is 16.2. The zero-order valence-electron chi connectivity index (χ0n) is 15.6. The minimum atomic E-state index is 0.116. The molecule has 28 heavy (non-hydrogen) atoms. The van der Waals surface area contributed by atoms with Gasteiger partial charge in [0.25, 0.3) is 0 Å². The van der Waals surface area contributed by atoms with Crippen molar-refractivity contribution in [3.05, 3.63) is 66.0 Å². The summed E-state index contributed by atoms with van der Waals surface area (Å²) in [5.41, 5.74) is 10.3. The molecular weight excluding hydrogens is 354 g/mol. The molecule has 0 aliphatic heterocycles. The average molecular weight is 373 g/mol. The van der Waals surface area contributed by atoms with Gasteiger partial charge in [-0.25, -0.2) is 9.97 Å². The van der Waals surface area contributed by atoms with Gasteiger partial charge in [0.15, 0.2) is 0 Å². The lowest BCUT2D eigenvalue weighted by Crippen LogP contribution is -2.05. The third-order valence-corrected chi connectivity index (χ3v) is 4.39. The van der Waals surface area contributed by atoms with E-state index < -0.39 is 0 Å². The number of nitrogen functional groups attached to an aromatic ring is 1. The molecule has 7 heteroatoms. The molecule has 0 bridgehead atoms. The maximum atomic E-state index is 5.76. The van der Waals surface area contributed by atoms with Gasteiger partial charge in [0.05, 0.1) is 18.3 Å². The number of pyridine rings is 1. The van der Waals surface area contributed by atoms with Gasteiger partial charge in [0, 0.05) is 16.5 Å². The molecule has 0 radical (unpaired) electrons. The van der Waals surface area contributed by atoms with Crippen LogP contribution in [0.2, 0.25) is 0 Å². The highest BCUT2D eigenvalue weighted by atomic mass is 16.5. The Kier molecular flexibility index (Phi) is 4.72. The van der Waals surface area contributed by atoms with Crippen LogP contribution in [0, 0.1) is 6.92 Å². The van der Waals surface area contributed by atoms with E-state index in [4.69, 9.17) is 20.2 Å². The number of anilines is 1. The lowest BCUT2D eigenvalue weighted by atomic mass is 10.0. The summed E-state index contributed by atoms with van der Waals surface area (Å²) in [6.45, 7) is 2.29. The third-order valence-electron chi connectivity index (χ3n) is 4.39. The van der Waals surface area contributed by atoms with Crippen LogP contribution in [0.4, 0.5) is 5.95 Å². The van der Waals surface area contributed by atoms with Crippen molar-refractivity contribution in [1.82, 2.24) is 19.9 Å². The maximum absolute atomic E-state index is 5.76. The van der Waals surface area contributed by atoms with Gasteiger partial charge < -0.3 is 15.2 Å². The summed E-state index contributed by atoms with van der Waals surface area (Å²) in [7, 11) is 1.65. The molecule has 0 spiro atoms. The van der Waals surface area contributed by atoms with Crippen LogP contribution >= 0.6 is 0 Å². The summed E-state index contributed by atoms with van der Waals surface area (Å²) in [5, 5.41) is 1.04. The topological polar surface area (TPSA) is 96.0 Å². The largest absolute Gasteiger partial charge is 0.497 e. The summed E-state index contributed by atoms with van der Waals surface area (Å²) >= 11 is 0. The van der Waals surface area contributed by atoms with Crippen LogP contribution < -0.4 is 15.2 Å². The monoisotopic (exact) mass is 373 g/mol. The van der Waals surface area contributed by atoms with E-state index >= 15 is 0 Å². The Labute approximate surface area is 162 Å².